The molecule has 2 fully saturated rings. The molecule has 0 spiro atoms. The molecule has 0 aromatic rings. The van der Waals surface area contributed by atoms with Crippen LogP contribution in [0.5, 0.6) is 0 Å². The van der Waals surface area contributed by atoms with Gasteiger partial charge in [0.05, 0.1) is 0 Å². The van der Waals surface area contributed by atoms with Crippen molar-refractivity contribution in [1.29, 1.82) is 0 Å². The van der Waals surface area contributed by atoms with Gasteiger partial charge in [0.1, 0.15) is 5.78 Å². The number of rotatable bonds is 3. The zero-order valence-electron chi connectivity index (χ0n) is 11.7. The molecule has 1 saturated heterocycles. The molecule has 0 radical (unpaired) electrons. The molecule has 17 heavy (non-hydrogen) atoms. The highest BCUT2D eigenvalue weighted by Crippen LogP contribution is 2.37. The third kappa shape index (κ3) is 3.31. The third-order valence-electron chi connectivity index (χ3n) is 4.73. The number of nitrogens with zero attached hydrogens (tertiary/aromatic N) is 1. The molecule has 1 aliphatic carbocycles. The van der Waals surface area contributed by atoms with Gasteiger partial charge in [-0.05, 0) is 37.1 Å². The predicted molar refractivity (Wildman–Crippen MR) is 71.0 cm³/mol. The summed E-state index contributed by atoms with van der Waals surface area (Å²) in [6.07, 6.45) is 5.61. The van der Waals surface area contributed by atoms with Crippen molar-refractivity contribution in [2.75, 3.05) is 19.6 Å². The number of hydrogen-bond acceptors (Lipinski definition) is 2. The van der Waals surface area contributed by atoms with Crippen LogP contribution in [0.25, 0.3) is 0 Å². The van der Waals surface area contributed by atoms with Crippen molar-refractivity contribution in [1.82, 2.24) is 4.90 Å². The largest absolute Gasteiger partial charge is 0.302 e. The van der Waals surface area contributed by atoms with Crippen LogP contribution in [0.15, 0.2) is 0 Å². The smallest absolute Gasteiger partial charge is 0.137 e. The summed E-state index contributed by atoms with van der Waals surface area (Å²) < 4.78 is 0. The molecule has 1 heterocycles. The molecule has 0 amide bonds. The maximum atomic E-state index is 12.0. The van der Waals surface area contributed by atoms with Crippen LogP contribution < -0.4 is 0 Å². The van der Waals surface area contributed by atoms with Gasteiger partial charge < -0.3 is 4.90 Å². The molecule has 2 unspecified atom stereocenters. The Morgan fingerprint density at radius 1 is 1.41 bits per heavy atom. The number of carbonyl (C=O) groups excluding carboxylic acids is 1. The first kappa shape index (κ1) is 13.1. The Balaban J connectivity index is 1.87. The lowest BCUT2D eigenvalue weighted by molar-refractivity contribution is -0.127. The summed E-state index contributed by atoms with van der Waals surface area (Å²) in [7, 11) is 0. The summed E-state index contributed by atoms with van der Waals surface area (Å²) >= 11 is 0. The van der Waals surface area contributed by atoms with Crippen molar-refractivity contribution in [2.45, 2.75) is 52.9 Å². The lowest BCUT2D eigenvalue weighted by Crippen LogP contribution is -2.38. The molecule has 2 rings (SSSR count). The maximum Gasteiger partial charge on any atom is 0.137 e. The summed E-state index contributed by atoms with van der Waals surface area (Å²) in [6.45, 7) is 10.4. The van der Waals surface area contributed by atoms with E-state index in [1.165, 1.54) is 25.9 Å². The first-order valence-corrected chi connectivity index (χ1v) is 7.25. The van der Waals surface area contributed by atoms with E-state index < -0.39 is 0 Å². The highest BCUT2D eigenvalue weighted by atomic mass is 16.1. The fourth-order valence-electron chi connectivity index (χ4n) is 3.44. The monoisotopic (exact) mass is 237 g/mol. The Labute approximate surface area is 106 Å². The number of Topliss-reactive ketones (excluding diaryl/α,β-unsaturated/α-hetero) is 1. The van der Waals surface area contributed by atoms with E-state index in [1.54, 1.807) is 0 Å². The Morgan fingerprint density at radius 3 is 2.82 bits per heavy atom. The zero-order chi connectivity index (χ0) is 12.5. The normalized spacial score (nSPS) is 34.2. The van der Waals surface area contributed by atoms with Gasteiger partial charge >= 0.3 is 0 Å². The number of hydrogen-bond donors (Lipinski definition) is 0. The maximum absolute atomic E-state index is 12.0. The van der Waals surface area contributed by atoms with Crippen LogP contribution in [-0.4, -0.2) is 30.3 Å². The van der Waals surface area contributed by atoms with Crippen LogP contribution in [-0.2, 0) is 4.79 Å². The van der Waals surface area contributed by atoms with E-state index in [0.717, 1.165) is 31.7 Å². The van der Waals surface area contributed by atoms with Gasteiger partial charge in [0.15, 0.2) is 0 Å². The minimum atomic E-state index is 0.314. The molecule has 0 bridgehead atoms. The van der Waals surface area contributed by atoms with Crippen molar-refractivity contribution in [3.8, 4) is 0 Å². The summed E-state index contributed by atoms with van der Waals surface area (Å²) in [6, 6.07) is 0. The van der Waals surface area contributed by atoms with Gasteiger partial charge in [-0.1, -0.05) is 27.2 Å². The van der Waals surface area contributed by atoms with Gasteiger partial charge in [-0.25, -0.2) is 0 Å². The highest BCUT2D eigenvalue weighted by Gasteiger charge is 2.35. The molecule has 0 aromatic carbocycles. The lowest BCUT2D eigenvalue weighted by atomic mass is 9.71. The van der Waals surface area contributed by atoms with Crippen LogP contribution in [0.3, 0.4) is 0 Å². The molecule has 1 aliphatic heterocycles. The van der Waals surface area contributed by atoms with Crippen LogP contribution in [0.4, 0.5) is 0 Å². The fraction of sp³-hybridized carbons (Fsp3) is 0.933. The SMILES string of the molecule is CCC1CCN(CC2CC(C)(C)CCC2=O)C1. The lowest BCUT2D eigenvalue weighted by Gasteiger charge is -2.36. The molecular formula is C15H27NO. The van der Waals surface area contributed by atoms with Crippen molar-refractivity contribution in [3.05, 3.63) is 0 Å². The third-order valence-corrected chi connectivity index (χ3v) is 4.73. The summed E-state index contributed by atoms with van der Waals surface area (Å²) in [5, 5.41) is 0. The van der Waals surface area contributed by atoms with E-state index in [-0.39, 0.29) is 0 Å². The summed E-state index contributed by atoms with van der Waals surface area (Å²) in [5.41, 5.74) is 0.377. The second kappa shape index (κ2) is 5.09. The Bertz CT molecular complexity index is 285. The molecule has 2 atom stereocenters. The van der Waals surface area contributed by atoms with E-state index >= 15 is 0 Å². The number of carbonyl (C=O) groups is 1. The van der Waals surface area contributed by atoms with E-state index in [4.69, 9.17) is 0 Å². The molecular weight excluding hydrogens is 210 g/mol. The van der Waals surface area contributed by atoms with Crippen LogP contribution in [0.1, 0.15) is 52.9 Å². The van der Waals surface area contributed by atoms with Crippen LogP contribution >= 0.6 is 0 Å². The molecule has 98 valence electrons. The Kier molecular flexibility index (Phi) is 3.92. The van der Waals surface area contributed by atoms with Crippen molar-refractivity contribution in [3.63, 3.8) is 0 Å². The first-order valence-electron chi connectivity index (χ1n) is 7.25. The van der Waals surface area contributed by atoms with Gasteiger partial charge in [-0.3, -0.25) is 4.79 Å². The topological polar surface area (TPSA) is 20.3 Å². The Hall–Kier alpha value is -0.370. The van der Waals surface area contributed by atoms with Gasteiger partial charge in [0, 0.05) is 25.4 Å². The van der Waals surface area contributed by atoms with Crippen LogP contribution in [0.2, 0.25) is 0 Å². The minimum absolute atomic E-state index is 0.314. The summed E-state index contributed by atoms with van der Waals surface area (Å²) in [4.78, 5) is 14.5. The fourth-order valence-corrected chi connectivity index (χ4v) is 3.44. The van der Waals surface area contributed by atoms with E-state index in [1.807, 2.05) is 0 Å². The summed E-state index contributed by atoms with van der Waals surface area (Å²) in [5.74, 6) is 1.71. The van der Waals surface area contributed by atoms with Gasteiger partial charge in [-0.15, -0.1) is 0 Å². The standard InChI is InChI=1S/C15H27NO/c1-4-12-6-8-16(10-12)11-13-9-15(2,3)7-5-14(13)17/h12-13H,4-11H2,1-3H3. The average molecular weight is 237 g/mol. The second-order valence-electron chi connectivity index (χ2n) is 6.85. The average Bonchev–Trinajstić information content (AvgIpc) is 2.71. The molecule has 2 aliphatic rings. The molecule has 1 saturated carbocycles. The van der Waals surface area contributed by atoms with E-state index in [9.17, 15) is 4.79 Å². The van der Waals surface area contributed by atoms with E-state index in [0.29, 0.717) is 17.1 Å². The van der Waals surface area contributed by atoms with Crippen molar-refractivity contribution >= 4 is 5.78 Å². The quantitative estimate of drug-likeness (QED) is 0.751. The van der Waals surface area contributed by atoms with Gasteiger partial charge in [0.25, 0.3) is 0 Å². The Morgan fingerprint density at radius 2 is 2.18 bits per heavy atom. The number of likely N-dealkylation sites (tertiary alicyclic amines) is 1. The molecule has 2 nitrogen and oxygen atoms in total. The van der Waals surface area contributed by atoms with Gasteiger partial charge in [-0.2, -0.15) is 0 Å². The molecule has 2 heteroatoms. The zero-order valence-corrected chi connectivity index (χ0v) is 11.7. The van der Waals surface area contributed by atoms with Crippen LogP contribution in [0, 0.1) is 17.3 Å². The second-order valence-corrected chi connectivity index (χ2v) is 6.85. The molecule has 0 N–H and O–H groups in total. The minimum Gasteiger partial charge on any atom is -0.302 e. The number of ketones is 1. The molecule has 0 aromatic heterocycles. The first-order chi connectivity index (χ1) is 8.00. The van der Waals surface area contributed by atoms with Crippen molar-refractivity contribution < 1.29 is 4.79 Å². The van der Waals surface area contributed by atoms with Crippen molar-refractivity contribution in [2.24, 2.45) is 17.3 Å². The highest BCUT2D eigenvalue weighted by molar-refractivity contribution is 5.82. The predicted octanol–water partition coefficient (Wildman–Crippen LogP) is 3.11. The van der Waals surface area contributed by atoms with E-state index in [2.05, 4.69) is 25.7 Å². The van der Waals surface area contributed by atoms with Gasteiger partial charge in [0.2, 0.25) is 0 Å².